The van der Waals surface area contributed by atoms with Gasteiger partial charge in [-0.25, -0.2) is 4.99 Å². The standard InChI is InChI=1S/C23H32N4O/c1-2-24-23(25-16-20-12-6-7-13-21(20)18-28)26-17-22(27-14-8-9-15-27)19-10-4-3-5-11-19/h3-7,10-13,22,28H,2,8-9,14-18H2,1H3,(H2,24,25,26). The summed E-state index contributed by atoms with van der Waals surface area (Å²) >= 11 is 0. The minimum atomic E-state index is 0.0424. The minimum Gasteiger partial charge on any atom is -0.392 e. The van der Waals surface area contributed by atoms with Gasteiger partial charge in [0.2, 0.25) is 0 Å². The van der Waals surface area contributed by atoms with Gasteiger partial charge in [-0.1, -0.05) is 54.6 Å². The lowest BCUT2D eigenvalue weighted by Crippen LogP contribution is -2.42. The third-order valence-electron chi connectivity index (χ3n) is 5.27. The van der Waals surface area contributed by atoms with Crippen molar-refractivity contribution in [2.45, 2.75) is 39.0 Å². The van der Waals surface area contributed by atoms with Gasteiger partial charge in [0.1, 0.15) is 0 Å². The Kier molecular flexibility index (Phi) is 7.88. The van der Waals surface area contributed by atoms with Crippen molar-refractivity contribution in [3.05, 3.63) is 71.3 Å². The molecule has 150 valence electrons. The maximum Gasteiger partial charge on any atom is 0.191 e. The molecule has 2 aromatic carbocycles. The van der Waals surface area contributed by atoms with E-state index >= 15 is 0 Å². The second-order valence-electron chi connectivity index (χ2n) is 7.17. The number of guanidine groups is 1. The molecule has 1 aliphatic heterocycles. The summed E-state index contributed by atoms with van der Waals surface area (Å²) in [6, 6.07) is 19.0. The van der Waals surface area contributed by atoms with Crippen molar-refractivity contribution in [2.75, 3.05) is 26.2 Å². The first kappa shape index (κ1) is 20.4. The normalized spacial score (nSPS) is 16.1. The van der Waals surface area contributed by atoms with Crippen LogP contribution in [0.15, 0.2) is 59.6 Å². The molecule has 3 N–H and O–H groups in total. The first-order valence-electron chi connectivity index (χ1n) is 10.3. The smallest absolute Gasteiger partial charge is 0.191 e. The van der Waals surface area contributed by atoms with Crippen molar-refractivity contribution in [3.63, 3.8) is 0 Å². The number of aliphatic imine (C=N–C) groups is 1. The molecule has 0 bridgehead atoms. The highest BCUT2D eigenvalue weighted by Gasteiger charge is 2.23. The highest BCUT2D eigenvalue weighted by atomic mass is 16.3. The van der Waals surface area contributed by atoms with Crippen LogP contribution in [0, 0.1) is 0 Å². The van der Waals surface area contributed by atoms with Crippen molar-refractivity contribution in [3.8, 4) is 0 Å². The van der Waals surface area contributed by atoms with Crippen LogP contribution in [-0.4, -0.2) is 42.1 Å². The van der Waals surface area contributed by atoms with Crippen LogP contribution in [0.5, 0.6) is 0 Å². The van der Waals surface area contributed by atoms with E-state index < -0.39 is 0 Å². The number of nitrogens with zero attached hydrogens (tertiary/aromatic N) is 2. The second kappa shape index (κ2) is 10.8. The summed E-state index contributed by atoms with van der Waals surface area (Å²) in [5.41, 5.74) is 3.33. The maximum atomic E-state index is 9.53. The van der Waals surface area contributed by atoms with E-state index in [4.69, 9.17) is 4.99 Å². The molecule has 28 heavy (non-hydrogen) atoms. The molecule has 1 atom stereocenters. The van der Waals surface area contributed by atoms with Crippen molar-refractivity contribution < 1.29 is 5.11 Å². The van der Waals surface area contributed by atoms with Crippen LogP contribution in [-0.2, 0) is 13.2 Å². The quantitative estimate of drug-likeness (QED) is 0.487. The molecular weight excluding hydrogens is 348 g/mol. The van der Waals surface area contributed by atoms with E-state index in [1.807, 2.05) is 24.3 Å². The largest absolute Gasteiger partial charge is 0.392 e. The van der Waals surface area contributed by atoms with Gasteiger partial charge in [0.25, 0.3) is 0 Å². The van der Waals surface area contributed by atoms with Crippen molar-refractivity contribution >= 4 is 5.96 Å². The lowest BCUT2D eigenvalue weighted by molar-refractivity contribution is 0.245. The Balaban J connectivity index is 1.69. The van der Waals surface area contributed by atoms with Crippen molar-refractivity contribution in [1.29, 1.82) is 0 Å². The molecule has 1 unspecified atom stereocenters. The van der Waals surface area contributed by atoms with Crippen molar-refractivity contribution in [1.82, 2.24) is 15.5 Å². The number of hydrogen-bond acceptors (Lipinski definition) is 3. The van der Waals surface area contributed by atoms with Crippen LogP contribution in [0.4, 0.5) is 0 Å². The monoisotopic (exact) mass is 380 g/mol. The highest BCUT2D eigenvalue weighted by Crippen LogP contribution is 2.24. The Morgan fingerprint density at radius 1 is 1.00 bits per heavy atom. The first-order valence-corrected chi connectivity index (χ1v) is 10.3. The molecule has 0 aromatic heterocycles. The third-order valence-corrected chi connectivity index (χ3v) is 5.27. The minimum absolute atomic E-state index is 0.0424. The zero-order valence-corrected chi connectivity index (χ0v) is 16.8. The molecule has 1 heterocycles. The number of hydrogen-bond donors (Lipinski definition) is 3. The Bertz CT molecular complexity index is 741. The zero-order chi connectivity index (χ0) is 19.6. The van der Waals surface area contributed by atoms with Gasteiger partial charge >= 0.3 is 0 Å². The average molecular weight is 381 g/mol. The summed E-state index contributed by atoms with van der Waals surface area (Å²) in [6.45, 7) is 6.60. The van der Waals surface area contributed by atoms with E-state index in [0.717, 1.165) is 43.3 Å². The molecule has 5 heteroatoms. The fraction of sp³-hybridized carbons (Fsp3) is 0.435. The Labute approximate surface area is 168 Å². The van der Waals surface area contributed by atoms with Gasteiger partial charge in [-0.05, 0) is 49.5 Å². The van der Waals surface area contributed by atoms with Gasteiger partial charge in [0.05, 0.1) is 19.2 Å². The predicted molar refractivity (Wildman–Crippen MR) is 115 cm³/mol. The van der Waals surface area contributed by atoms with Crippen LogP contribution in [0.1, 0.15) is 42.5 Å². The molecule has 0 saturated carbocycles. The number of nitrogens with one attached hydrogen (secondary N) is 2. The molecule has 5 nitrogen and oxygen atoms in total. The molecule has 0 spiro atoms. The molecule has 2 aromatic rings. The van der Waals surface area contributed by atoms with Crippen LogP contribution in [0.2, 0.25) is 0 Å². The topological polar surface area (TPSA) is 59.9 Å². The zero-order valence-electron chi connectivity index (χ0n) is 16.8. The van der Waals surface area contributed by atoms with Gasteiger partial charge in [-0.15, -0.1) is 0 Å². The molecule has 0 amide bonds. The van der Waals surface area contributed by atoms with Gasteiger partial charge in [0.15, 0.2) is 5.96 Å². The predicted octanol–water partition coefficient (Wildman–Crippen LogP) is 3.07. The molecule has 0 aliphatic carbocycles. The Morgan fingerprint density at radius 2 is 1.68 bits per heavy atom. The third kappa shape index (κ3) is 5.57. The van der Waals surface area contributed by atoms with Gasteiger partial charge in [-0.2, -0.15) is 0 Å². The lowest BCUT2D eigenvalue weighted by Gasteiger charge is -2.29. The number of aliphatic hydroxyl groups excluding tert-OH is 1. The lowest BCUT2D eigenvalue weighted by atomic mass is 10.1. The van der Waals surface area contributed by atoms with E-state index in [2.05, 4.69) is 52.8 Å². The van der Waals surface area contributed by atoms with E-state index in [-0.39, 0.29) is 6.61 Å². The van der Waals surface area contributed by atoms with Crippen LogP contribution in [0.25, 0.3) is 0 Å². The fourth-order valence-electron chi connectivity index (χ4n) is 3.75. The van der Waals surface area contributed by atoms with E-state index in [0.29, 0.717) is 12.6 Å². The second-order valence-corrected chi connectivity index (χ2v) is 7.17. The SMILES string of the molecule is CCNC(=NCc1ccccc1CO)NCC(c1ccccc1)N1CCCC1. The van der Waals surface area contributed by atoms with Crippen LogP contribution in [0.3, 0.4) is 0 Å². The maximum absolute atomic E-state index is 9.53. The highest BCUT2D eigenvalue weighted by molar-refractivity contribution is 5.79. The van der Waals surface area contributed by atoms with Gasteiger partial charge < -0.3 is 15.7 Å². The van der Waals surface area contributed by atoms with Gasteiger partial charge in [-0.3, -0.25) is 4.90 Å². The van der Waals surface area contributed by atoms with E-state index in [9.17, 15) is 5.11 Å². The van der Waals surface area contributed by atoms with E-state index in [1.54, 1.807) is 0 Å². The summed E-state index contributed by atoms with van der Waals surface area (Å²) in [4.78, 5) is 7.31. The molecule has 1 fully saturated rings. The Hall–Kier alpha value is -2.37. The summed E-state index contributed by atoms with van der Waals surface area (Å²) < 4.78 is 0. The molecule has 0 radical (unpaired) electrons. The summed E-state index contributed by atoms with van der Waals surface area (Å²) in [6.07, 6.45) is 2.55. The Morgan fingerprint density at radius 3 is 2.36 bits per heavy atom. The average Bonchev–Trinajstić information content (AvgIpc) is 3.27. The number of likely N-dealkylation sites (tertiary alicyclic amines) is 1. The molecule has 1 saturated heterocycles. The first-order chi connectivity index (χ1) is 13.8. The fourth-order valence-corrected chi connectivity index (χ4v) is 3.75. The van der Waals surface area contributed by atoms with Crippen molar-refractivity contribution in [2.24, 2.45) is 4.99 Å². The number of benzene rings is 2. The van der Waals surface area contributed by atoms with E-state index in [1.165, 1.54) is 18.4 Å². The van der Waals surface area contributed by atoms with Crippen LogP contribution < -0.4 is 10.6 Å². The summed E-state index contributed by atoms with van der Waals surface area (Å²) in [5, 5.41) is 16.4. The van der Waals surface area contributed by atoms with Gasteiger partial charge in [0, 0.05) is 13.1 Å². The summed E-state index contributed by atoms with van der Waals surface area (Å²) in [7, 11) is 0. The molecule has 1 aliphatic rings. The molecular formula is C23H32N4O. The molecule has 3 rings (SSSR count). The van der Waals surface area contributed by atoms with Crippen LogP contribution >= 0.6 is 0 Å². The number of rotatable bonds is 8. The summed E-state index contributed by atoms with van der Waals surface area (Å²) in [5.74, 6) is 0.815. The number of aliphatic hydroxyl groups is 1.